The highest BCUT2D eigenvalue weighted by Crippen LogP contribution is 2.10. The predicted molar refractivity (Wildman–Crippen MR) is 116 cm³/mol. The van der Waals surface area contributed by atoms with Crippen LogP contribution >= 0.6 is 0 Å². The number of nitrogens with zero attached hydrogens (tertiary/aromatic N) is 1. The monoisotopic (exact) mass is 407 g/mol. The molecule has 1 aromatic heterocycles. The van der Waals surface area contributed by atoms with Gasteiger partial charge in [0.25, 0.3) is 11.8 Å². The lowest BCUT2D eigenvalue weighted by Crippen LogP contribution is -2.24. The highest BCUT2D eigenvalue weighted by atomic mass is 16.2. The summed E-state index contributed by atoms with van der Waals surface area (Å²) in [6.07, 6.45) is 3.80. The predicted octanol–water partition coefficient (Wildman–Crippen LogP) is 2.53. The molecule has 0 fully saturated rings. The largest absolute Gasteiger partial charge is 0.385 e. The molecule has 2 amide bonds. The van der Waals surface area contributed by atoms with Crippen molar-refractivity contribution in [1.29, 1.82) is 5.41 Å². The van der Waals surface area contributed by atoms with Crippen LogP contribution in [-0.4, -0.2) is 42.4 Å². The number of anilines is 1. The number of nitrogens with one attached hydrogen (secondary N) is 4. The number of aldehydes is 1. The molecular weight excluding hydrogens is 382 g/mol. The van der Waals surface area contributed by atoms with E-state index in [0.29, 0.717) is 11.8 Å². The van der Waals surface area contributed by atoms with Crippen molar-refractivity contribution < 1.29 is 14.4 Å². The average molecular weight is 407 g/mol. The average Bonchev–Trinajstić information content (AvgIpc) is 2.78. The van der Waals surface area contributed by atoms with Crippen LogP contribution in [-0.2, 0) is 4.79 Å². The second-order valence-electron chi connectivity index (χ2n) is 6.43. The fraction of sp³-hybridized carbons (Fsp3) is 0.227. The van der Waals surface area contributed by atoms with E-state index in [1.54, 1.807) is 36.4 Å². The Morgan fingerprint density at radius 1 is 1.07 bits per heavy atom. The molecule has 0 radical (unpaired) electrons. The van der Waals surface area contributed by atoms with Crippen LogP contribution in [0.5, 0.6) is 0 Å². The third-order valence-electron chi connectivity index (χ3n) is 4.18. The van der Waals surface area contributed by atoms with Gasteiger partial charge in [0.1, 0.15) is 5.69 Å². The summed E-state index contributed by atoms with van der Waals surface area (Å²) < 4.78 is 0. The van der Waals surface area contributed by atoms with Gasteiger partial charge in [-0.3, -0.25) is 19.8 Å². The molecule has 2 rings (SSSR count). The molecule has 30 heavy (non-hydrogen) atoms. The van der Waals surface area contributed by atoms with Crippen LogP contribution in [0.3, 0.4) is 0 Å². The number of amides is 2. The molecule has 8 heteroatoms. The van der Waals surface area contributed by atoms with Gasteiger partial charge in [-0.25, -0.2) is 4.98 Å². The summed E-state index contributed by atoms with van der Waals surface area (Å²) in [6.45, 7) is 2.97. The number of rotatable bonds is 10. The number of benzene rings is 1. The number of carbonyl (C=O) groups is 3. The minimum Gasteiger partial charge on any atom is -0.385 e. The Kier molecular flexibility index (Phi) is 8.43. The van der Waals surface area contributed by atoms with Crippen molar-refractivity contribution in [3.63, 3.8) is 0 Å². The number of allylic oxidation sites excluding steroid dienone is 2. The molecule has 0 aliphatic rings. The fourth-order valence-electron chi connectivity index (χ4n) is 2.52. The maximum Gasteiger partial charge on any atom is 0.269 e. The van der Waals surface area contributed by atoms with Crippen molar-refractivity contribution in [2.75, 3.05) is 18.9 Å². The smallest absolute Gasteiger partial charge is 0.269 e. The van der Waals surface area contributed by atoms with E-state index in [1.807, 2.05) is 0 Å². The molecule has 0 unspecified atom stereocenters. The quantitative estimate of drug-likeness (QED) is 0.209. The van der Waals surface area contributed by atoms with E-state index >= 15 is 0 Å². The van der Waals surface area contributed by atoms with Crippen molar-refractivity contribution >= 4 is 29.5 Å². The van der Waals surface area contributed by atoms with Gasteiger partial charge in [-0.2, -0.15) is 0 Å². The molecule has 1 aromatic carbocycles. The molecule has 8 nitrogen and oxygen atoms in total. The molecule has 2 aromatic rings. The van der Waals surface area contributed by atoms with Gasteiger partial charge in [-0.1, -0.05) is 19.4 Å². The van der Waals surface area contributed by atoms with Gasteiger partial charge in [-0.05, 0) is 48.9 Å². The minimum absolute atomic E-state index is 0.0812. The van der Waals surface area contributed by atoms with E-state index in [2.05, 4.69) is 27.9 Å². The molecule has 4 N–H and O–H groups in total. The first-order valence-electron chi connectivity index (χ1n) is 9.58. The van der Waals surface area contributed by atoms with Crippen molar-refractivity contribution in [1.82, 2.24) is 15.6 Å². The molecule has 0 aliphatic heterocycles. The first-order chi connectivity index (χ1) is 14.5. The topological polar surface area (TPSA) is 124 Å². The van der Waals surface area contributed by atoms with Crippen LogP contribution in [0.4, 0.5) is 5.69 Å². The Hall–Kier alpha value is -3.81. The summed E-state index contributed by atoms with van der Waals surface area (Å²) in [4.78, 5) is 39.6. The second kappa shape index (κ2) is 11.3. The standard InChI is InChI=1S/C22H25N5O3/c1-3-4-12-25-16-10-8-15(9-11-16)21(29)26-17(14-28)13-18(23)19-6-5-7-20(27-19)22(30)24-2/h5-11,13-14,23,25H,3-4,12H2,1-2H3,(H,24,30)(H,26,29)/b17-13+,23-18?. The molecule has 0 spiro atoms. The molecular formula is C22H25N5O3. The molecule has 0 bridgehead atoms. The van der Waals surface area contributed by atoms with Crippen LogP contribution < -0.4 is 16.0 Å². The Morgan fingerprint density at radius 2 is 1.77 bits per heavy atom. The lowest BCUT2D eigenvalue weighted by molar-refractivity contribution is -0.105. The number of hydrogen-bond donors (Lipinski definition) is 4. The van der Waals surface area contributed by atoms with E-state index in [0.717, 1.165) is 25.1 Å². The van der Waals surface area contributed by atoms with E-state index < -0.39 is 5.91 Å². The first-order valence-corrected chi connectivity index (χ1v) is 9.58. The minimum atomic E-state index is -0.465. The Balaban J connectivity index is 2.07. The SMILES string of the molecule is CCCCNc1ccc(C(=O)N/C(C=O)=C/C(=N)c2cccc(C(=O)NC)n2)cc1. The van der Waals surface area contributed by atoms with Crippen LogP contribution in [0.15, 0.2) is 54.2 Å². The highest BCUT2D eigenvalue weighted by molar-refractivity contribution is 6.09. The van der Waals surface area contributed by atoms with Gasteiger partial charge in [0.2, 0.25) is 0 Å². The van der Waals surface area contributed by atoms with Gasteiger partial charge in [0.15, 0.2) is 6.29 Å². The first kappa shape index (κ1) is 22.5. The normalized spacial score (nSPS) is 10.8. The summed E-state index contributed by atoms with van der Waals surface area (Å²) in [6, 6.07) is 11.6. The molecule has 0 saturated carbocycles. The van der Waals surface area contributed by atoms with Crippen LogP contribution in [0.1, 0.15) is 46.3 Å². The van der Waals surface area contributed by atoms with E-state index in [4.69, 9.17) is 5.41 Å². The summed E-state index contributed by atoms with van der Waals surface area (Å²) in [7, 11) is 1.48. The van der Waals surface area contributed by atoms with Gasteiger partial charge in [0.05, 0.1) is 17.1 Å². The maximum atomic E-state index is 12.4. The third-order valence-corrected chi connectivity index (χ3v) is 4.18. The Morgan fingerprint density at radius 3 is 2.40 bits per heavy atom. The fourth-order valence-corrected chi connectivity index (χ4v) is 2.52. The summed E-state index contributed by atoms with van der Waals surface area (Å²) >= 11 is 0. The molecule has 0 atom stereocenters. The van der Waals surface area contributed by atoms with Gasteiger partial charge in [-0.15, -0.1) is 0 Å². The lowest BCUT2D eigenvalue weighted by atomic mass is 10.1. The van der Waals surface area contributed by atoms with Gasteiger partial charge in [0, 0.05) is 24.8 Å². The molecule has 0 saturated heterocycles. The van der Waals surface area contributed by atoms with Crippen LogP contribution in [0.2, 0.25) is 0 Å². The lowest BCUT2D eigenvalue weighted by Gasteiger charge is -2.08. The van der Waals surface area contributed by atoms with E-state index in [9.17, 15) is 14.4 Å². The molecule has 156 valence electrons. The number of pyridine rings is 1. The van der Waals surface area contributed by atoms with Crippen LogP contribution in [0.25, 0.3) is 0 Å². The Bertz CT molecular complexity index is 952. The van der Waals surface area contributed by atoms with Gasteiger partial charge < -0.3 is 16.0 Å². The number of aromatic nitrogens is 1. The zero-order valence-electron chi connectivity index (χ0n) is 17.0. The number of carbonyl (C=O) groups excluding carboxylic acids is 3. The summed E-state index contributed by atoms with van der Waals surface area (Å²) in [5.74, 6) is -0.849. The van der Waals surface area contributed by atoms with Crippen molar-refractivity contribution in [2.45, 2.75) is 19.8 Å². The molecule has 0 aliphatic carbocycles. The van der Waals surface area contributed by atoms with E-state index in [-0.39, 0.29) is 28.7 Å². The summed E-state index contributed by atoms with van der Waals surface area (Å²) in [5.41, 5.74) is 1.45. The highest BCUT2D eigenvalue weighted by Gasteiger charge is 2.11. The van der Waals surface area contributed by atoms with Crippen molar-refractivity contribution in [2.24, 2.45) is 0 Å². The second-order valence-corrected chi connectivity index (χ2v) is 6.43. The van der Waals surface area contributed by atoms with Crippen molar-refractivity contribution in [3.05, 3.63) is 71.2 Å². The summed E-state index contributed by atoms with van der Waals surface area (Å²) in [5, 5.41) is 16.3. The van der Waals surface area contributed by atoms with Crippen molar-refractivity contribution in [3.8, 4) is 0 Å². The number of hydrogen-bond acceptors (Lipinski definition) is 6. The van der Waals surface area contributed by atoms with Gasteiger partial charge >= 0.3 is 0 Å². The van der Waals surface area contributed by atoms with E-state index in [1.165, 1.54) is 19.2 Å². The number of unbranched alkanes of at least 4 members (excludes halogenated alkanes) is 1. The van der Waals surface area contributed by atoms with Crippen LogP contribution in [0, 0.1) is 5.41 Å². The third kappa shape index (κ3) is 6.37. The zero-order chi connectivity index (χ0) is 21.9. The maximum absolute atomic E-state index is 12.4. The Labute approximate surface area is 175 Å². The molecule has 1 heterocycles. The zero-order valence-corrected chi connectivity index (χ0v) is 17.0.